The molecule has 1 saturated heterocycles. The van der Waals surface area contributed by atoms with Crippen LogP contribution in [0.4, 0.5) is 0 Å². The van der Waals surface area contributed by atoms with Gasteiger partial charge in [0.25, 0.3) is 0 Å². The largest absolute Gasteiger partial charge is 0.508 e. The summed E-state index contributed by atoms with van der Waals surface area (Å²) in [7, 11) is 0. The molecule has 1 aliphatic heterocycles. The van der Waals surface area contributed by atoms with Gasteiger partial charge in [-0.05, 0) is 80.7 Å². The van der Waals surface area contributed by atoms with Gasteiger partial charge in [-0.15, -0.1) is 0 Å². The summed E-state index contributed by atoms with van der Waals surface area (Å²) in [5, 5.41) is 22.2. The number of fused-ring (bicyclic) bond motifs is 1. The van der Waals surface area contributed by atoms with Crippen LogP contribution in [0.2, 0.25) is 0 Å². The summed E-state index contributed by atoms with van der Waals surface area (Å²) >= 11 is 0. The number of carbonyl (C=O) groups excluding carboxylic acids is 1. The number of aliphatic hydroxyl groups is 1. The van der Waals surface area contributed by atoms with Crippen molar-refractivity contribution in [2.24, 2.45) is 11.8 Å². The molecule has 4 nitrogen and oxygen atoms in total. The number of nitrogens with zero attached hydrogens (tertiary/aromatic N) is 1. The Balaban J connectivity index is 0.000000491. The van der Waals surface area contributed by atoms with Crippen molar-refractivity contribution in [3.8, 4) is 5.75 Å². The summed E-state index contributed by atoms with van der Waals surface area (Å²) in [4.78, 5) is 15.0. The molecule has 2 unspecified atom stereocenters. The monoisotopic (exact) mass is 429 g/mol. The summed E-state index contributed by atoms with van der Waals surface area (Å²) in [5.41, 5.74) is 0.629. The summed E-state index contributed by atoms with van der Waals surface area (Å²) in [6, 6.07) is 5.51. The Morgan fingerprint density at radius 1 is 1.19 bits per heavy atom. The molecule has 0 spiro atoms. The molecule has 3 fully saturated rings. The lowest BCUT2D eigenvalue weighted by Crippen LogP contribution is -2.70. The minimum atomic E-state index is -0.925. The van der Waals surface area contributed by atoms with Crippen LogP contribution in [-0.4, -0.2) is 45.6 Å². The second kappa shape index (κ2) is 9.62. The van der Waals surface area contributed by atoms with Gasteiger partial charge in [-0.3, -0.25) is 9.69 Å². The number of benzene rings is 1. The molecule has 0 aromatic heterocycles. The van der Waals surface area contributed by atoms with Crippen molar-refractivity contribution >= 4 is 5.78 Å². The molecule has 2 aliphatic carbocycles. The van der Waals surface area contributed by atoms with E-state index in [1.54, 1.807) is 6.07 Å². The zero-order valence-corrected chi connectivity index (χ0v) is 20.3. The summed E-state index contributed by atoms with van der Waals surface area (Å²) in [6.07, 6.45) is 6.90. The van der Waals surface area contributed by atoms with Crippen molar-refractivity contribution < 1.29 is 15.0 Å². The molecule has 1 aromatic rings. The van der Waals surface area contributed by atoms with Crippen LogP contribution in [0.3, 0.4) is 0 Å². The Bertz CT molecular complexity index is 772. The van der Waals surface area contributed by atoms with Crippen LogP contribution >= 0.6 is 0 Å². The number of aryl methyl sites for hydroxylation is 1. The van der Waals surface area contributed by atoms with Gasteiger partial charge in [0.15, 0.2) is 0 Å². The number of rotatable bonds is 5. The minimum absolute atomic E-state index is 0.0250. The molecule has 1 aromatic carbocycles. The summed E-state index contributed by atoms with van der Waals surface area (Å²) in [6.45, 7) is 12.9. The van der Waals surface area contributed by atoms with Crippen molar-refractivity contribution in [1.82, 2.24) is 4.90 Å². The maximum atomic E-state index is 12.5. The van der Waals surface area contributed by atoms with Crippen molar-refractivity contribution in [1.29, 1.82) is 0 Å². The molecule has 1 heterocycles. The van der Waals surface area contributed by atoms with Crippen LogP contribution < -0.4 is 0 Å². The lowest BCUT2D eigenvalue weighted by Gasteiger charge is -2.60. The molecule has 3 atom stereocenters. The van der Waals surface area contributed by atoms with E-state index in [2.05, 4.69) is 39.5 Å². The van der Waals surface area contributed by atoms with Crippen LogP contribution in [0.1, 0.15) is 90.7 Å². The zero-order chi connectivity index (χ0) is 22.8. The van der Waals surface area contributed by atoms with Gasteiger partial charge < -0.3 is 10.2 Å². The van der Waals surface area contributed by atoms with E-state index in [0.717, 1.165) is 48.9 Å². The van der Waals surface area contributed by atoms with Crippen molar-refractivity contribution in [2.75, 3.05) is 13.1 Å². The third-order valence-corrected chi connectivity index (χ3v) is 8.17. The van der Waals surface area contributed by atoms with Gasteiger partial charge >= 0.3 is 0 Å². The quantitative estimate of drug-likeness (QED) is 0.672. The number of carbonyl (C=O) groups is 1. The van der Waals surface area contributed by atoms with Gasteiger partial charge in [-0.25, -0.2) is 0 Å². The molecule has 0 radical (unpaired) electrons. The number of piperidine rings is 1. The fourth-order valence-corrected chi connectivity index (χ4v) is 5.55. The third kappa shape index (κ3) is 4.85. The number of ketones is 1. The topological polar surface area (TPSA) is 60.8 Å². The number of likely N-dealkylation sites (tertiary alicyclic amines) is 1. The highest BCUT2D eigenvalue weighted by atomic mass is 16.3. The normalized spacial score (nSPS) is 31.2. The van der Waals surface area contributed by atoms with Crippen LogP contribution in [0.15, 0.2) is 18.2 Å². The van der Waals surface area contributed by atoms with E-state index in [0.29, 0.717) is 19.3 Å². The number of aromatic hydroxyl groups is 1. The Morgan fingerprint density at radius 3 is 2.45 bits per heavy atom. The van der Waals surface area contributed by atoms with Crippen LogP contribution in [0.25, 0.3) is 0 Å². The first kappa shape index (κ1) is 24.3. The van der Waals surface area contributed by atoms with E-state index in [9.17, 15) is 15.0 Å². The fourth-order valence-electron chi connectivity index (χ4n) is 5.55. The number of Topliss-reactive ketones (excluding diaryl/α,β-unsaturated/α-hetero) is 1. The Kier molecular flexibility index (Phi) is 7.53. The first-order valence-electron chi connectivity index (χ1n) is 12.5. The van der Waals surface area contributed by atoms with Crippen molar-refractivity contribution in [3.05, 3.63) is 29.3 Å². The molecule has 3 aliphatic rings. The molecule has 2 saturated carbocycles. The Hall–Kier alpha value is -1.39. The average molecular weight is 430 g/mol. The Labute approximate surface area is 189 Å². The molecular formula is C27H43NO3. The minimum Gasteiger partial charge on any atom is -0.508 e. The lowest BCUT2D eigenvalue weighted by molar-refractivity contribution is -0.164. The first-order valence-corrected chi connectivity index (χ1v) is 12.5. The van der Waals surface area contributed by atoms with Gasteiger partial charge in [0, 0.05) is 30.8 Å². The molecule has 2 N–H and O–H groups in total. The van der Waals surface area contributed by atoms with Crippen LogP contribution in [-0.2, 0) is 16.6 Å². The summed E-state index contributed by atoms with van der Waals surface area (Å²) < 4.78 is 0. The van der Waals surface area contributed by atoms with E-state index < -0.39 is 11.0 Å². The van der Waals surface area contributed by atoms with Crippen molar-refractivity contribution in [2.45, 2.75) is 103 Å². The SMILES string of the molecule is CCC(C)C.CCc1ccc(O)cc1[C@]12CCN(CC3CC3)C(C)C1(O)CCC(=O)C2. The molecule has 4 rings (SSSR count). The fraction of sp³-hybridized carbons (Fsp3) is 0.741. The van der Waals surface area contributed by atoms with E-state index in [-0.39, 0.29) is 17.6 Å². The van der Waals surface area contributed by atoms with Crippen molar-refractivity contribution in [3.63, 3.8) is 0 Å². The van der Waals surface area contributed by atoms with Gasteiger partial charge in [-0.1, -0.05) is 40.2 Å². The molecular weight excluding hydrogens is 386 g/mol. The summed E-state index contributed by atoms with van der Waals surface area (Å²) in [5.74, 6) is 2.13. The molecule has 0 amide bonds. The van der Waals surface area contributed by atoms with Gasteiger partial charge in [0.2, 0.25) is 0 Å². The van der Waals surface area contributed by atoms with Crippen LogP contribution in [0, 0.1) is 11.8 Å². The molecule has 0 bridgehead atoms. The van der Waals surface area contributed by atoms with E-state index in [4.69, 9.17) is 0 Å². The van der Waals surface area contributed by atoms with E-state index in [1.807, 2.05) is 12.1 Å². The van der Waals surface area contributed by atoms with Gasteiger partial charge in [0.1, 0.15) is 11.5 Å². The molecule has 4 heteroatoms. The Morgan fingerprint density at radius 2 is 1.87 bits per heavy atom. The number of hydrogen-bond acceptors (Lipinski definition) is 4. The smallest absolute Gasteiger partial charge is 0.134 e. The third-order valence-electron chi connectivity index (χ3n) is 8.17. The highest BCUT2D eigenvalue weighted by Crippen LogP contribution is 2.54. The van der Waals surface area contributed by atoms with E-state index >= 15 is 0 Å². The van der Waals surface area contributed by atoms with Gasteiger partial charge in [0.05, 0.1) is 5.60 Å². The second-order valence-corrected chi connectivity index (χ2v) is 10.6. The predicted molar refractivity (Wildman–Crippen MR) is 126 cm³/mol. The van der Waals surface area contributed by atoms with Crippen LogP contribution in [0.5, 0.6) is 5.75 Å². The average Bonchev–Trinajstić information content (AvgIpc) is 3.56. The van der Waals surface area contributed by atoms with Gasteiger partial charge in [-0.2, -0.15) is 0 Å². The maximum absolute atomic E-state index is 12.5. The number of phenolic OH excluding ortho intramolecular Hbond substituents is 1. The zero-order valence-electron chi connectivity index (χ0n) is 20.3. The predicted octanol–water partition coefficient (Wildman–Crippen LogP) is 5.23. The number of phenols is 1. The number of hydrogen-bond donors (Lipinski definition) is 2. The second-order valence-electron chi connectivity index (χ2n) is 10.6. The lowest BCUT2D eigenvalue weighted by atomic mass is 9.53. The highest BCUT2D eigenvalue weighted by Gasteiger charge is 2.61. The first-order chi connectivity index (χ1) is 14.7. The molecule has 174 valence electrons. The van der Waals surface area contributed by atoms with E-state index in [1.165, 1.54) is 19.3 Å². The highest BCUT2D eigenvalue weighted by molar-refractivity contribution is 5.82. The standard InChI is InChI=1S/C22H31NO3.C5H12/c1-3-17-6-7-18(24)12-20(17)21-10-11-23(14-16-4-5-16)15(2)22(21,26)9-8-19(25)13-21;1-4-5(2)3/h6-7,12,15-16,24,26H,3-5,8-11,13-14H2,1-2H3;5H,4H2,1-3H3/t15?,21-,22?;/m1./s1. The molecule has 31 heavy (non-hydrogen) atoms. The maximum Gasteiger partial charge on any atom is 0.134 e.